The Bertz CT molecular complexity index is 754. The number of hydrogen-bond donors (Lipinski definition) is 2. The van der Waals surface area contributed by atoms with Crippen LogP contribution in [-0.2, 0) is 0 Å². The Labute approximate surface area is 127 Å². The van der Waals surface area contributed by atoms with E-state index in [2.05, 4.69) is 23.3 Å². The number of thiazole rings is 1. The quantitative estimate of drug-likeness (QED) is 0.685. The van der Waals surface area contributed by atoms with E-state index in [4.69, 9.17) is 10.5 Å². The number of nitrogens with two attached hydrogens (primary N) is 1. The molecule has 0 spiro atoms. The van der Waals surface area contributed by atoms with Gasteiger partial charge in [0.2, 0.25) is 0 Å². The highest BCUT2D eigenvalue weighted by Gasteiger charge is 2.07. The van der Waals surface area contributed by atoms with E-state index in [1.54, 1.807) is 11.3 Å². The van der Waals surface area contributed by atoms with Crippen LogP contribution in [0, 0.1) is 0 Å². The van der Waals surface area contributed by atoms with Gasteiger partial charge in [-0.1, -0.05) is 13.0 Å². The molecule has 0 radical (unpaired) electrons. The summed E-state index contributed by atoms with van der Waals surface area (Å²) >= 11 is 1.62. The van der Waals surface area contributed by atoms with Crippen molar-refractivity contribution in [1.29, 1.82) is 0 Å². The normalized spacial score (nSPS) is 10.7. The summed E-state index contributed by atoms with van der Waals surface area (Å²) in [5.74, 6) is 0.723. The Hall–Kier alpha value is -2.27. The van der Waals surface area contributed by atoms with E-state index in [0.29, 0.717) is 12.3 Å². The van der Waals surface area contributed by atoms with Crippen LogP contribution in [0.4, 0.5) is 17.1 Å². The monoisotopic (exact) mass is 299 g/mol. The molecule has 0 aliphatic rings. The smallest absolute Gasteiger partial charge is 0.144 e. The maximum atomic E-state index is 6.17. The average Bonchev–Trinajstić information content (AvgIpc) is 2.96. The zero-order chi connectivity index (χ0) is 14.7. The average molecular weight is 299 g/mol. The van der Waals surface area contributed by atoms with Crippen molar-refractivity contribution in [2.75, 3.05) is 17.7 Å². The van der Waals surface area contributed by atoms with Crippen molar-refractivity contribution >= 4 is 38.6 Å². The zero-order valence-electron chi connectivity index (χ0n) is 11.8. The number of rotatable bonds is 5. The van der Waals surface area contributed by atoms with Crippen LogP contribution in [0.15, 0.2) is 41.9 Å². The van der Waals surface area contributed by atoms with Crippen LogP contribution in [0.1, 0.15) is 13.3 Å². The molecule has 4 nitrogen and oxygen atoms in total. The summed E-state index contributed by atoms with van der Waals surface area (Å²) in [6.07, 6.45) is 0.957. The molecule has 0 bridgehead atoms. The van der Waals surface area contributed by atoms with E-state index >= 15 is 0 Å². The number of benzene rings is 2. The fraction of sp³-hybridized carbons (Fsp3) is 0.188. The summed E-state index contributed by atoms with van der Waals surface area (Å²) in [5.41, 5.74) is 11.5. The van der Waals surface area contributed by atoms with Crippen LogP contribution in [0.3, 0.4) is 0 Å². The number of nitrogen functional groups attached to an aromatic ring is 1. The summed E-state index contributed by atoms with van der Waals surface area (Å²) in [6, 6.07) is 11.9. The maximum Gasteiger partial charge on any atom is 0.144 e. The molecule has 0 atom stereocenters. The lowest BCUT2D eigenvalue weighted by Gasteiger charge is -2.13. The van der Waals surface area contributed by atoms with Gasteiger partial charge in [0, 0.05) is 5.69 Å². The number of ether oxygens (including phenoxy) is 1. The number of fused-ring (bicyclic) bond motifs is 1. The molecule has 3 aromatic rings. The van der Waals surface area contributed by atoms with Crippen LogP contribution < -0.4 is 15.8 Å². The molecule has 0 aliphatic carbocycles. The minimum atomic E-state index is 0.635. The highest BCUT2D eigenvalue weighted by molar-refractivity contribution is 7.16. The first kappa shape index (κ1) is 13.7. The molecule has 1 heterocycles. The van der Waals surface area contributed by atoms with Gasteiger partial charge in [0.1, 0.15) is 5.75 Å². The van der Waals surface area contributed by atoms with Crippen LogP contribution in [0.25, 0.3) is 10.2 Å². The van der Waals surface area contributed by atoms with Gasteiger partial charge in [0.05, 0.1) is 33.7 Å². The van der Waals surface area contributed by atoms with E-state index in [1.807, 2.05) is 35.8 Å². The number of nitrogens with zero attached hydrogens (tertiary/aromatic N) is 1. The lowest BCUT2D eigenvalue weighted by Crippen LogP contribution is -2.02. The third-order valence-electron chi connectivity index (χ3n) is 3.14. The standard InChI is InChI=1S/C16H17N3OS/c1-2-8-20-14-5-3-4-13(16(14)17)19-11-6-7-12-15(9-11)21-10-18-12/h3-7,9-10,19H,2,8,17H2,1H3. The zero-order valence-corrected chi connectivity index (χ0v) is 12.6. The van der Waals surface area contributed by atoms with E-state index < -0.39 is 0 Å². The van der Waals surface area contributed by atoms with Gasteiger partial charge in [-0.3, -0.25) is 0 Å². The van der Waals surface area contributed by atoms with Crippen LogP contribution in [0.5, 0.6) is 5.75 Å². The molecule has 3 N–H and O–H groups in total. The van der Waals surface area contributed by atoms with Crippen molar-refractivity contribution in [3.05, 3.63) is 41.9 Å². The summed E-state index contributed by atoms with van der Waals surface area (Å²) in [5, 5.41) is 3.34. The summed E-state index contributed by atoms with van der Waals surface area (Å²) in [7, 11) is 0. The van der Waals surface area contributed by atoms with Gasteiger partial charge in [-0.2, -0.15) is 0 Å². The minimum absolute atomic E-state index is 0.635. The van der Waals surface area contributed by atoms with Crippen molar-refractivity contribution in [3.63, 3.8) is 0 Å². The van der Waals surface area contributed by atoms with Crippen molar-refractivity contribution < 1.29 is 4.74 Å². The fourth-order valence-corrected chi connectivity index (χ4v) is 2.80. The van der Waals surface area contributed by atoms with Gasteiger partial charge in [-0.05, 0) is 36.8 Å². The molecular weight excluding hydrogens is 282 g/mol. The molecule has 0 unspecified atom stereocenters. The van der Waals surface area contributed by atoms with E-state index in [-0.39, 0.29) is 0 Å². The fourth-order valence-electron chi connectivity index (χ4n) is 2.08. The van der Waals surface area contributed by atoms with Gasteiger partial charge in [0.25, 0.3) is 0 Å². The van der Waals surface area contributed by atoms with Gasteiger partial charge in [-0.25, -0.2) is 4.98 Å². The second-order valence-electron chi connectivity index (χ2n) is 4.73. The number of para-hydroxylation sites is 1. The first-order chi connectivity index (χ1) is 10.3. The van der Waals surface area contributed by atoms with Gasteiger partial charge in [0.15, 0.2) is 0 Å². The molecule has 0 fully saturated rings. The molecule has 2 aromatic carbocycles. The van der Waals surface area contributed by atoms with Gasteiger partial charge >= 0.3 is 0 Å². The summed E-state index contributed by atoms with van der Waals surface area (Å²) in [6.45, 7) is 2.74. The van der Waals surface area contributed by atoms with Crippen molar-refractivity contribution in [2.24, 2.45) is 0 Å². The second kappa shape index (κ2) is 6.01. The van der Waals surface area contributed by atoms with E-state index in [1.165, 1.54) is 0 Å². The Balaban J connectivity index is 1.86. The third kappa shape index (κ3) is 2.92. The van der Waals surface area contributed by atoms with E-state index in [0.717, 1.165) is 33.8 Å². The lowest BCUT2D eigenvalue weighted by atomic mass is 10.2. The SMILES string of the molecule is CCCOc1cccc(Nc2ccc3ncsc3c2)c1N. The first-order valence-corrected chi connectivity index (χ1v) is 7.77. The molecule has 0 aliphatic heterocycles. The topological polar surface area (TPSA) is 60.2 Å². The Morgan fingerprint density at radius 3 is 3.05 bits per heavy atom. The number of aromatic nitrogens is 1. The maximum absolute atomic E-state index is 6.17. The van der Waals surface area contributed by atoms with Crippen molar-refractivity contribution in [2.45, 2.75) is 13.3 Å². The second-order valence-corrected chi connectivity index (χ2v) is 5.61. The predicted octanol–water partition coefficient (Wildman–Crippen LogP) is 4.41. The summed E-state index contributed by atoms with van der Waals surface area (Å²) in [4.78, 5) is 4.28. The number of anilines is 3. The summed E-state index contributed by atoms with van der Waals surface area (Å²) < 4.78 is 6.80. The Morgan fingerprint density at radius 2 is 2.19 bits per heavy atom. The van der Waals surface area contributed by atoms with Gasteiger partial charge in [-0.15, -0.1) is 11.3 Å². The molecule has 5 heteroatoms. The molecule has 3 rings (SSSR count). The van der Waals surface area contributed by atoms with Crippen LogP contribution in [-0.4, -0.2) is 11.6 Å². The van der Waals surface area contributed by atoms with Crippen LogP contribution >= 0.6 is 11.3 Å². The molecule has 21 heavy (non-hydrogen) atoms. The molecule has 0 saturated heterocycles. The van der Waals surface area contributed by atoms with Crippen LogP contribution in [0.2, 0.25) is 0 Å². The minimum Gasteiger partial charge on any atom is -0.491 e. The first-order valence-electron chi connectivity index (χ1n) is 6.89. The number of nitrogens with one attached hydrogen (secondary N) is 1. The van der Waals surface area contributed by atoms with Crippen molar-refractivity contribution in [3.8, 4) is 5.75 Å². The predicted molar refractivity (Wildman–Crippen MR) is 89.5 cm³/mol. The Morgan fingerprint density at radius 1 is 1.29 bits per heavy atom. The molecule has 1 aromatic heterocycles. The molecule has 108 valence electrons. The number of hydrogen-bond acceptors (Lipinski definition) is 5. The van der Waals surface area contributed by atoms with Crippen molar-refractivity contribution in [1.82, 2.24) is 4.98 Å². The highest BCUT2D eigenvalue weighted by atomic mass is 32.1. The lowest BCUT2D eigenvalue weighted by molar-refractivity contribution is 0.319. The molecule has 0 amide bonds. The van der Waals surface area contributed by atoms with Gasteiger partial charge < -0.3 is 15.8 Å². The Kier molecular flexibility index (Phi) is 3.92. The molecule has 0 saturated carbocycles. The highest BCUT2D eigenvalue weighted by Crippen LogP contribution is 2.32. The molecular formula is C16H17N3OS. The largest absolute Gasteiger partial charge is 0.491 e. The van der Waals surface area contributed by atoms with E-state index in [9.17, 15) is 0 Å². The third-order valence-corrected chi connectivity index (χ3v) is 3.93.